The maximum atomic E-state index is 11.9. The molecule has 1 atom stereocenters. The highest BCUT2D eigenvalue weighted by Crippen LogP contribution is 2.25. The minimum absolute atomic E-state index is 0.175. The van der Waals surface area contributed by atoms with Gasteiger partial charge in [-0.1, -0.05) is 11.6 Å². The molecule has 0 saturated heterocycles. The van der Waals surface area contributed by atoms with E-state index in [1.165, 1.54) is 17.4 Å². The van der Waals surface area contributed by atoms with E-state index in [4.69, 9.17) is 11.6 Å². The molecule has 0 unspecified atom stereocenters. The second kappa shape index (κ2) is 6.34. The van der Waals surface area contributed by atoms with E-state index in [9.17, 15) is 13.5 Å². The van der Waals surface area contributed by atoms with E-state index in [1.54, 1.807) is 6.07 Å². The molecule has 0 aliphatic carbocycles. The van der Waals surface area contributed by atoms with E-state index >= 15 is 0 Å². The Bertz CT molecular complexity index is 621. The number of thiophene rings is 2. The van der Waals surface area contributed by atoms with Crippen molar-refractivity contribution in [2.24, 2.45) is 0 Å². The summed E-state index contributed by atoms with van der Waals surface area (Å²) in [6.07, 6.45) is -0.324. The topological polar surface area (TPSA) is 66.4 Å². The van der Waals surface area contributed by atoms with Crippen molar-refractivity contribution in [2.75, 3.05) is 6.54 Å². The molecule has 0 saturated carbocycles. The first-order valence-electron chi connectivity index (χ1n) is 5.44. The van der Waals surface area contributed by atoms with Crippen molar-refractivity contribution in [1.29, 1.82) is 0 Å². The normalized spacial score (nSPS) is 13.6. The van der Waals surface area contributed by atoms with Gasteiger partial charge in [-0.15, -0.1) is 11.3 Å². The largest absolute Gasteiger partial charge is 0.388 e. The molecule has 0 amide bonds. The van der Waals surface area contributed by atoms with Gasteiger partial charge in [-0.2, -0.15) is 11.3 Å². The molecule has 2 N–H and O–H groups in total. The Balaban J connectivity index is 1.89. The number of rotatable bonds is 6. The Morgan fingerprint density at radius 2 is 2.16 bits per heavy atom. The minimum atomic E-state index is -3.53. The Morgan fingerprint density at radius 1 is 1.37 bits per heavy atom. The van der Waals surface area contributed by atoms with Crippen molar-refractivity contribution < 1.29 is 13.5 Å². The number of nitrogens with one attached hydrogen (secondary N) is 1. The second-order valence-corrected chi connectivity index (χ2v) is 8.31. The Kier molecular flexibility index (Phi) is 4.99. The van der Waals surface area contributed by atoms with Crippen LogP contribution in [0, 0.1) is 0 Å². The van der Waals surface area contributed by atoms with Gasteiger partial charge < -0.3 is 5.11 Å². The van der Waals surface area contributed by atoms with Gasteiger partial charge in [-0.25, -0.2) is 13.1 Å². The Labute approximate surface area is 124 Å². The quantitative estimate of drug-likeness (QED) is 0.851. The molecule has 2 rings (SSSR count). The van der Waals surface area contributed by atoms with Crippen molar-refractivity contribution >= 4 is 44.3 Å². The van der Waals surface area contributed by atoms with Gasteiger partial charge in [0.2, 0.25) is 10.0 Å². The standard InChI is InChI=1S/C11H12ClNO3S3/c12-10-1-2-11(18-10)19(15,16)13-5-3-9(14)8-4-6-17-7-8/h1-2,4,6-7,9,13-14H,3,5H2/t9-/m0/s1. The van der Waals surface area contributed by atoms with E-state index in [2.05, 4.69) is 4.72 Å². The fourth-order valence-electron chi connectivity index (χ4n) is 1.47. The molecule has 2 aromatic heterocycles. The first-order chi connectivity index (χ1) is 8.99. The third-order valence-electron chi connectivity index (χ3n) is 2.45. The number of halogens is 1. The number of aliphatic hydroxyl groups is 1. The maximum absolute atomic E-state index is 11.9. The van der Waals surface area contributed by atoms with Gasteiger partial charge >= 0.3 is 0 Å². The van der Waals surface area contributed by atoms with Gasteiger partial charge in [0.15, 0.2) is 0 Å². The molecule has 0 aromatic carbocycles. The van der Waals surface area contributed by atoms with Crippen molar-refractivity contribution in [3.63, 3.8) is 0 Å². The summed E-state index contributed by atoms with van der Waals surface area (Å²) in [4.78, 5) is 0. The predicted octanol–water partition coefficient (Wildman–Crippen LogP) is 2.87. The third-order valence-corrected chi connectivity index (χ3v) is 6.34. The molecule has 0 spiro atoms. The first-order valence-corrected chi connectivity index (χ1v) is 9.06. The van der Waals surface area contributed by atoms with Crippen LogP contribution in [0.4, 0.5) is 0 Å². The zero-order valence-corrected chi connectivity index (χ0v) is 13.0. The summed E-state index contributed by atoms with van der Waals surface area (Å²) < 4.78 is 26.8. The number of hydrogen-bond donors (Lipinski definition) is 2. The molecule has 104 valence electrons. The van der Waals surface area contributed by atoms with Gasteiger partial charge in [0, 0.05) is 6.54 Å². The highest BCUT2D eigenvalue weighted by molar-refractivity contribution is 7.91. The van der Waals surface area contributed by atoms with Crippen molar-refractivity contribution in [1.82, 2.24) is 4.72 Å². The van der Waals surface area contributed by atoms with Gasteiger partial charge in [0.05, 0.1) is 10.4 Å². The lowest BCUT2D eigenvalue weighted by molar-refractivity contribution is 0.169. The summed E-state index contributed by atoms with van der Waals surface area (Å²) in [5.41, 5.74) is 0.809. The van der Waals surface area contributed by atoms with Crippen LogP contribution in [-0.2, 0) is 10.0 Å². The summed E-state index contributed by atoms with van der Waals surface area (Å²) in [5.74, 6) is 0. The van der Waals surface area contributed by atoms with Crippen LogP contribution in [0.3, 0.4) is 0 Å². The van der Waals surface area contributed by atoms with E-state index in [1.807, 2.05) is 16.8 Å². The summed E-state index contributed by atoms with van der Waals surface area (Å²) in [6, 6.07) is 4.83. The third kappa shape index (κ3) is 4.01. The van der Waals surface area contributed by atoms with Crippen LogP contribution in [0.15, 0.2) is 33.2 Å². The first kappa shape index (κ1) is 15.0. The smallest absolute Gasteiger partial charge is 0.250 e. The predicted molar refractivity (Wildman–Crippen MR) is 78.4 cm³/mol. The highest BCUT2D eigenvalue weighted by atomic mass is 35.5. The molecule has 2 aromatic rings. The fraction of sp³-hybridized carbons (Fsp3) is 0.273. The monoisotopic (exact) mass is 337 g/mol. The van der Waals surface area contributed by atoms with E-state index in [0.29, 0.717) is 10.8 Å². The van der Waals surface area contributed by atoms with Gasteiger partial charge in [-0.3, -0.25) is 0 Å². The molecule has 8 heteroatoms. The summed E-state index contributed by atoms with van der Waals surface area (Å²) in [6.45, 7) is 0.175. The zero-order valence-electron chi connectivity index (χ0n) is 9.74. The summed E-state index contributed by atoms with van der Waals surface area (Å²) in [5, 5.41) is 13.6. The molecule has 0 fully saturated rings. The molecule has 19 heavy (non-hydrogen) atoms. The van der Waals surface area contributed by atoms with E-state index in [-0.39, 0.29) is 10.8 Å². The Morgan fingerprint density at radius 3 is 2.74 bits per heavy atom. The number of sulfonamides is 1. The number of hydrogen-bond acceptors (Lipinski definition) is 5. The molecule has 0 bridgehead atoms. The van der Waals surface area contributed by atoms with Crippen molar-refractivity contribution in [2.45, 2.75) is 16.7 Å². The van der Waals surface area contributed by atoms with Crippen molar-refractivity contribution in [3.8, 4) is 0 Å². The molecule has 2 heterocycles. The summed E-state index contributed by atoms with van der Waals surface area (Å²) in [7, 11) is -3.53. The second-order valence-electron chi connectivity index (χ2n) is 3.82. The fourth-order valence-corrected chi connectivity index (χ4v) is 4.76. The lowest BCUT2D eigenvalue weighted by Gasteiger charge is -2.09. The molecular weight excluding hydrogens is 326 g/mol. The molecule has 0 radical (unpaired) electrons. The molecule has 0 aliphatic rings. The molecule has 0 aliphatic heterocycles. The van der Waals surface area contributed by atoms with Gasteiger partial charge in [0.1, 0.15) is 4.21 Å². The average Bonchev–Trinajstić information content (AvgIpc) is 2.99. The van der Waals surface area contributed by atoms with Crippen LogP contribution in [0.5, 0.6) is 0 Å². The van der Waals surface area contributed by atoms with Gasteiger partial charge in [-0.05, 0) is 40.9 Å². The summed E-state index contributed by atoms with van der Waals surface area (Å²) >= 11 is 8.21. The Hall–Kier alpha value is -0.440. The molecular formula is C11H12ClNO3S3. The zero-order chi connectivity index (χ0) is 13.9. The van der Waals surface area contributed by atoms with Gasteiger partial charge in [0.25, 0.3) is 0 Å². The van der Waals surface area contributed by atoms with Crippen LogP contribution in [0.1, 0.15) is 18.1 Å². The highest BCUT2D eigenvalue weighted by Gasteiger charge is 2.17. The lowest BCUT2D eigenvalue weighted by atomic mass is 10.1. The van der Waals surface area contributed by atoms with E-state index in [0.717, 1.165) is 16.9 Å². The SMILES string of the molecule is O=S(=O)(NCC[C@H](O)c1ccsc1)c1ccc(Cl)s1. The van der Waals surface area contributed by atoms with Crippen LogP contribution < -0.4 is 4.72 Å². The number of aliphatic hydroxyl groups excluding tert-OH is 1. The maximum Gasteiger partial charge on any atom is 0.250 e. The average molecular weight is 338 g/mol. The van der Waals surface area contributed by atoms with E-state index < -0.39 is 16.1 Å². The van der Waals surface area contributed by atoms with Crippen LogP contribution >= 0.6 is 34.3 Å². The minimum Gasteiger partial charge on any atom is -0.388 e. The lowest BCUT2D eigenvalue weighted by Crippen LogP contribution is -2.25. The van der Waals surface area contributed by atoms with Crippen LogP contribution in [-0.4, -0.2) is 20.1 Å². The van der Waals surface area contributed by atoms with Crippen LogP contribution in [0.25, 0.3) is 0 Å². The molecule has 4 nitrogen and oxygen atoms in total. The van der Waals surface area contributed by atoms with Crippen molar-refractivity contribution in [3.05, 3.63) is 38.9 Å². The van der Waals surface area contributed by atoms with Crippen LogP contribution in [0.2, 0.25) is 4.34 Å².